The number of nitrogens with one attached hydrogen (secondary N) is 2. The Balaban J connectivity index is 1.38. The number of nitrogens with zero attached hydrogens (tertiary/aromatic N) is 4. The van der Waals surface area contributed by atoms with Crippen molar-refractivity contribution in [1.29, 1.82) is 0 Å². The molecule has 1 saturated heterocycles. The predicted octanol–water partition coefficient (Wildman–Crippen LogP) is 1.95. The lowest BCUT2D eigenvalue weighted by Gasteiger charge is -2.36. The van der Waals surface area contributed by atoms with Crippen LogP contribution in [0.2, 0.25) is 0 Å². The van der Waals surface area contributed by atoms with E-state index in [1.807, 2.05) is 6.07 Å². The van der Waals surface area contributed by atoms with Crippen LogP contribution < -0.4 is 15.8 Å². The first-order valence-corrected chi connectivity index (χ1v) is 10.2. The zero-order valence-corrected chi connectivity index (χ0v) is 17.4. The molecule has 3 heterocycles. The van der Waals surface area contributed by atoms with E-state index in [2.05, 4.69) is 19.9 Å². The van der Waals surface area contributed by atoms with E-state index in [0.717, 1.165) is 5.56 Å². The number of alkyl halides is 2. The van der Waals surface area contributed by atoms with Gasteiger partial charge in [0.15, 0.2) is 0 Å². The highest BCUT2D eigenvalue weighted by Gasteiger charge is 2.21. The lowest BCUT2D eigenvalue weighted by atomic mass is 10.1. The Morgan fingerprint density at radius 1 is 1.21 bits per heavy atom. The van der Waals surface area contributed by atoms with Gasteiger partial charge in [-0.3, -0.25) is 14.5 Å². The number of rotatable bonds is 6. The van der Waals surface area contributed by atoms with Crippen LogP contribution in [0.1, 0.15) is 25.9 Å². The second-order valence-corrected chi connectivity index (χ2v) is 7.68. The molecule has 1 amide bonds. The number of hydrogen-bond donors (Lipinski definition) is 2. The Morgan fingerprint density at radius 2 is 2.00 bits per heavy atom. The first kappa shape index (κ1) is 19.0. The van der Waals surface area contributed by atoms with E-state index in [0.29, 0.717) is 43.8 Å². The van der Waals surface area contributed by atoms with Gasteiger partial charge in [-0.15, -0.1) is 0 Å². The number of aromatic nitrogens is 3. The molecule has 0 saturated carbocycles. The third-order valence-corrected chi connectivity index (χ3v) is 5.47. The standard InChI is InChI=1S/C22H23F3N6O2/c1-26-21(32)15-4-5-18(20(25)28-15)31-8-6-30(7-9-31)12-13-2-3-14-16(10-13)29-22(33)17(27-14)11-19(23)24/h2-5,10,19H,6-9,11-12H2,1H3,(H,26,32)(H,29,33)/i1D3. The van der Waals surface area contributed by atoms with E-state index in [4.69, 9.17) is 4.11 Å². The summed E-state index contributed by atoms with van der Waals surface area (Å²) in [5.74, 6) is -1.85. The number of amides is 1. The van der Waals surface area contributed by atoms with Crippen molar-refractivity contribution >= 4 is 22.6 Å². The summed E-state index contributed by atoms with van der Waals surface area (Å²) in [6.45, 7) is 0.0321. The van der Waals surface area contributed by atoms with Crippen LogP contribution in [0.4, 0.5) is 18.9 Å². The number of carbonyl (C=O) groups is 1. The SMILES string of the molecule is [2H]C([2H])([2H])NC(=O)c1ccc(N2CCN(Cc3ccc4nc(CC(F)F)c(=O)[nH]c4c3)CC2)c(F)n1. The van der Waals surface area contributed by atoms with Gasteiger partial charge in [0.2, 0.25) is 12.4 Å². The molecule has 0 unspecified atom stereocenters. The number of halogens is 3. The lowest BCUT2D eigenvalue weighted by molar-refractivity contribution is 0.0957. The molecule has 1 aliphatic rings. The molecule has 1 fully saturated rings. The summed E-state index contributed by atoms with van der Waals surface area (Å²) in [6, 6.07) is 7.94. The van der Waals surface area contributed by atoms with Crippen LogP contribution in [0.5, 0.6) is 0 Å². The summed E-state index contributed by atoms with van der Waals surface area (Å²) in [5, 5.41) is 1.77. The minimum atomic E-state index is -2.70. The second kappa shape index (κ2) is 9.57. The Labute approximate surface area is 191 Å². The number of hydrogen-bond acceptors (Lipinski definition) is 6. The molecule has 3 aromatic rings. The van der Waals surface area contributed by atoms with Gasteiger partial charge in [0.25, 0.3) is 11.5 Å². The maximum absolute atomic E-state index is 14.6. The van der Waals surface area contributed by atoms with Crippen molar-refractivity contribution in [3.8, 4) is 0 Å². The Bertz CT molecular complexity index is 1330. The van der Waals surface area contributed by atoms with E-state index >= 15 is 0 Å². The largest absolute Gasteiger partial charge is 0.365 e. The highest BCUT2D eigenvalue weighted by atomic mass is 19.3. The minimum absolute atomic E-state index is 0.200. The molecule has 174 valence electrons. The monoisotopic (exact) mass is 463 g/mol. The quantitative estimate of drug-likeness (QED) is 0.543. The Hall–Kier alpha value is -3.47. The molecule has 0 radical (unpaired) electrons. The number of H-pyrrole nitrogens is 1. The van der Waals surface area contributed by atoms with Gasteiger partial charge in [-0.25, -0.2) is 18.7 Å². The van der Waals surface area contributed by atoms with E-state index < -0.39 is 37.2 Å². The maximum atomic E-state index is 14.6. The normalized spacial score (nSPS) is 16.5. The van der Waals surface area contributed by atoms with Crippen LogP contribution in [-0.4, -0.2) is 65.3 Å². The fraction of sp³-hybridized carbons (Fsp3) is 0.364. The smallest absolute Gasteiger partial charge is 0.270 e. The lowest BCUT2D eigenvalue weighted by Crippen LogP contribution is -2.46. The molecule has 4 rings (SSSR count). The van der Waals surface area contributed by atoms with E-state index in [-0.39, 0.29) is 17.1 Å². The van der Waals surface area contributed by atoms with E-state index in [1.54, 1.807) is 22.3 Å². The Morgan fingerprint density at radius 3 is 2.70 bits per heavy atom. The molecule has 1 aliphatic heterocycles. The van der Waals surface area contributed by atoms with Crippen LogP contribution in [-0.2, 0) is 13.0 Å². The molecule has 8 nitrogen and oxygen atoms in total. The number of aromatic amines is 1. The van der Waals surface area contributed by atoms with Crippen molar-refractivity contribution in [3.63, 3.8) is 0 Å². The Kier molecular flexibility index (Phi) is 5.52. The summed E-state index contributed by atoms with van der Waals surface area (Å²) in [7, 11) is 0. The van der Waals surface area contributed by atoms with Crippen molar-refractivity contribution in [2.45, 2.75) is 19.4 Å². The topological polar surface area (TPSA) is 94.2 Å². The van der Waals surface area contributed by atoms with E-state index in [1.165, 1.54) is 12.1 Å². The maximum Gasteiger partial charge on any atom is 0.270 e. The molecule has 0 spiro atoms. The average molecular weight is 463 g/mol. The second-order valence-electron chi connectivity index (χ2n) is 7.68. The zero-order valence-electron chi connectivity index (χ0n) is 20.4. The molecule has 11 heteroatoms. The summed E-state index contributed by atoms with van der Waals surface area (Å²) >= 11 is 0. The van der Waals surface area contributed by atoms with Crippen LogP contribution in [0.15, 0.2) is 35.1 Å². The first-order valence-electron chi connectivity index (χ1n) is 11.7. The zero-order chi connectivity index (χ0) is 26.0. The predicted molar refractivity (Wildman–Crippen MR) is 117 cm³/mol. The van der Waals surface area contributed by atoms with Crippen molar-refractivity contribution in [2.24, 2.45) is 0 Å². The third-order valence-electron chi connectivity index (χ3n) is 5.47. The third kappa shape index (κ3) is 5.14. The van der Waals surface area contributed by atoms with Crippen molar-refractivity contribution in [3.05, 3.63) is 63.6 Å². The highest BCUT2D eigenvalue weighted by Crippen LogP contribution is 2.21. The molecule has 0 bridgehead atoms. The van der Waals surface area contributed by atoms with Crippen molar-refractivity contribution in [1.82, 2.24) is 25.2 Å². The van der Waals surface area contributed by atoms with Gasteiger partial charge in [-0.1, -0.05) is 6.07 Å². The fourth-order valence-corrected chi connectivity index (χ4v) is 3.81. The minimum Gasteiger partial charge on any atom is -0.365 e. The fourth-order valence-electron chi connectivity index (χ4n) is 3.81. The summed E-state index contributed by atoms with van der Waals surface area (Å²) < 4.78 is 61.0. The van der Waals surface area contributed by atoms with Gasteiger partial charge in [-0.05, 0) is 29.8 Å². The van der Waals surface area contributed by atoms with Gasteiger partial charge >= 0.3 is 0 Å². The summed E-state index contributed by atoms with van der Waals surface area (Å²) in [4.78, 5) is 38.1. The highest BCUT2D eigenvalue weighted by molar-refractivity contribution is 5.92. The number of benzene rings is 1. The van der Waals surface area contributed by atoms with Crippen LogP contribution in [0, 0.1) is 5.95 Å². The molecule has 0 aliphatic carbocycles. The molecule has 2 aromatic heterocycles. The van der Waals surface area contributed by atoms with Gasteiger partial charge < -0.3 is 15.2 Å². The van der Waals surface area contributed by atoms with E-state index in [9.17, 15) is 22.8 Å². The van der Waals surface area contributed by atoms with Crippen LogP contribution in [0.25, 0.3) is 11.0 Å². The molecular formula is C22H23F3N6O2. The number of piperazine rings is 1. The molecular weight excluding hydrogens is 437 g/mol. The molecule has 0 atom stereocenters. The molecule has 2 N–H and O–H groups in total. The number of pyridine rings is 1. The number of fused-ring (bicyclic) bond motifs is 1. The van der Waals surface area contributed by atoms with Crippen LogP contribution in [0.3, 0.4) is 0 Å². The van der Waals surface area contributed by atoms with Gasteiger partial charge in [0.05, 0.1) is 23.1 Å². The first-order chi connectivity index (χ1) is 17.0. The van der Waals surface area contributed by atoms with Crippen molar-refractivity contribution in [2.75, 3.05) is 38.1 Å². The van der Waals surface area contributed by atoms with Gasteiger partial charge in [0, 0.05) is 43.8 Å². The number of anilines is 1. The summed E-state index contributed by atoms with van der Waals surface area (Å²) in [6.07, 6.45) is -3.36. The van der Waals surface area contributed by atoms with Gasteiger partial charge in [0.1, 0.15) is 11.4 Å². The molecule has 33 heavy (non-hydrogen) atoms. The van der Waals surface area contributed by atoms with Crippen LogP contribution >= 0.6 is 0 Å². The number of carbonyl (C=O) groups excluding carboxylic acids is 1. The van der Waals surface area contributed by atoms with Gasteiger partial charge in [-0.2, -0.15) is 4.39 Å². The average Bonchev–Trinajstić information content (AvgIpc) is 2.79. The molecule has 1 aromatic carbocycles. The van der Waals surface area contributed by atoms with Crippen molar-refractivity contribution < 1.29 is 22.1 Å². The summed E-state index contributed by atoms with van der Waals surface area (Å²) in [5.41, 5.74) is 0.848.